The molecule has 14 heteroatoms. The monoisotopic (exact) mass is 766 g/mol. The van der Waals surface area contributed by atoms with Gasteiger partial charge in [-0.2, -0.15) is 4.98 Å². The first kappa shape index (κ1) is 35.6. The molecule has 2 N–H and O–H groups in total. The number of anilines is 3. The van der Waals surface area contributed by atoms with Crippen molar-refractivity contribution in [2.24, 2.45) is 0 Å². The van der Waals surface area contributed by atoms with Crippen LogP contribution in [0.25, 0.3) is 16.6 Å². The van der Waals surface area contributed by atoms with Crippen LogP contribution in [0.3, 0.4) is 0 Å². The molecule has 3 saturated heterocycles. The number of aliphatic hydroxyl groups is 1. The minimum atomic E-state index is -0.989. The molecular weight excluding hydrogens is 726 g/mol. The quantitative estimate of drug-likeness (QED) is 0.230. The van der Waals surface area contributed by atoms with Crippen molar-refractivity contribution in [2.45, 2.75) is 63.0 Å². The number of nitrogens with one attached hydrogen (secondary N) is 1. The average Bonchev–Trinajstić information content (AvgIpc) is 3.40. The first-order valence-electron chi connectivity index (χ1n) is 18.9. The predicted octanol–water partition coefficient (Wildman–Crippen LogP) is 5.77. The molecular formula is C41H41ClF2N8O3. The molecule has 0 aliphatic carbocycles. The molecule has 4 aliphatic heterocycles. The highest BCUT2D eigenvalue weighted by Crippen LogP contribution is 2.45. The number of piperazine rings is 1. The minimum Gasteiger partial charge on any atom is -0.374 e. The molecule has 3 fully saturated rings. The van der Waals surface area contributed by atoms with E-state index in [2.05, 4.69) is 56.7 Å². The van der Waals surface area contributed by atoms with Gasteiger partial charge in [-0.3, -0.25) is 14.2 Å². The zero-order chi connectivity index (χ0) is 38.2. The van der Waals surface area contributed by atoms with E-state index >= 15 is 8.78 Å². The van der Waals surface area contributed by atoms with E-state index in [0.29, 0.717) is 48.2 Å². The summed E-state index contributed by atoms with van der Waals surface area (Å²) in [5.41, 5.74) is 3.67. The Morgan fingerprint density at radius 2 is 1.49 bits per heavy atom. The van der Waals surface area contributed by atoms with Crippen LogP contribution in [0.2, 0.25) is 5.02 Å². The van der Waals surface area contributed by atoms with Gasteiger partial charge in [0.15, 0.2) is 0 Å². The molecule has 284 valence electrons. The van der Waals surface area contributed by atoms with Gasteiger partial charge in [-0.25, -0.2) is 18.7 Å². The Balaban J connectivity index is 0.838. The molecule has 1 amide bonds. The first-order chi connectivity index (χ1) is 26.5. The number of amides is 1. The third-order valence-electron chi connectivity index (χ3n) is 12.0. The predicted molar refractivity (Wildman–Crippen MR) is 208 cm³/mol. The zero-order valence-corrected chi connectivity index (χ0v) is 31.4. The Kier molecular flexibility index (Phi) is 8.76. The highest BCUT2D eigenvalue weighted by atomic mass is 35.5. The summed E-state index contributed by atoms with van der Waals surface area (Å²) in [4.78, 5) is 45.8. The summed E-state index contributed by atoms with van der Waals surface area (Å²) in [6, 6.07) is 14.8. The van der Waals surface area contributed by atoms with Crippen LogP contribution in [-0.2, 0) is 10.2 Å². The summed E-state index contributed by atoms with van der Waals surface area (Å²) in [5, 5.41) is 12.9. The Hall–Kier alpha value is -5.14. The summed E-state index contributed by atoms with van der Waals surface area (Å²) in [7, 11) is 0. The van der Waals surface area contributed by atoms with E-state index in [1.807, 2.05) is 23.2 Å². The molecule has 6 heterocycles. The summed E-state index contributed by atoms with van der Waals surface area (Å²) >= 11 is 6.49. The Morgan fingerprint density at radius 1 is 0.836 bits per heavy atom. The van der Waals surface area contributed by atoms with Crippen molar-refractivity contribution in [1.29, 1.82) is 0 Å². The van der Waals surface area contributed by atoms with Gasteiger partial charge in [-0.05, 0) is 86.9 Å². The number of aliphatic hydroxyl groups excluding tert-OH is 1. The number of halogens is 3. The van der Waals surface area contributed by atoms with Crippen molar-refractivity contribution in [2.75, 3.05) is 54.0 Å². The van der Waals surface area contributed by atoms with Crippen LogP contribution in [0.15, 0.2) is 65.7 Å². The lowest BCUT2D eigenvalue weighted by molar-refractivity contribution is -0.128. The van der Waals surface area contributed by atoms with Crippen LogP contribution in [0.4, 0.5) is 26.1 Å². The van der Waals surface area contributed by atoms with E-state index in [1.54, 1.807) is 12.3 Å². The Labute approximate surface area is 321 Å². The van der Waals surface area contributed by atoms with Crippen molar-refractivity contribution in [3.8, 4) is 5.69 Å². The fourth-order valence-electron chi connectivity index (χ4n) is 8.96. The lowest BCUT2D eigenvalue weighted by Gasteiger charge is -2.37. The van der Waals surface area contributed by atoms with Crippen LogP contribution in [0.5, 0.6) is 0 Å². The van der Waals surface area contributed by atoms with Gasteiger partial charge < -0.3 is 25.1 Å². The lowest BCUT2D eigenvalue weighted by atomic mass is 9.83. The van der Waals surface area contributed by atoms with Crippen molar-refractivity contribution < 1.29 is 18.7 Å². The van der Waals surface area contributed by atoms with Crippen LogP contribution >= 0.6 is 11.6 Å². The average molecular weight is 767 g/mol. The highest BCUT2D eigenvalue weighted by molar-refractivity contribution is 6.35. The highest BCUT2D eigenvalue weighted by Gasteiger charge is 2.39. The van der Waals surface area contributed by atoms with Crippen LogP contribution in [0, 0.1) is 11.6 Å². The van der Waals surface area contributed by atoms with Crippen LogP contribution in [0.1, 0.15) is 73.9 Å². The maximum Gasteiger partial charge on any atom is 0.282 e. The lowest BCUT2D eigenvalue weighted by Crippen LogP contribution is -2.47. The third-order valence-corrected chi connectivity index (χ3v) is 12.3. The minimum absolute atomic E-state index is 0.180. The van der Waals surface area contributed by atoms with E-state index in [0.717, 1.165) is 60.2 Å². The number of hydrogen-bond acceptors (Lipinski definition) is 9. The molecule has 55 heavy (non-hydrogen) atoms. The van der Waals surface area contributed by atoms with Crippen molar-refractivity contribution in [3.05, 3.63) is 110 Å². The zero-order valence-electron chi connectivity index (χ0n) is 30.6. The first-order valence-corrected chi connectivity index (χ1v) is 19.3. The molecule has 2 unspecified atom stereocenters. The van der Waals surface area contributed by atoms with E-state index in [9.17, 15) is 14.7 Å². The summed E-state index contributed by atoms with van der Waals surface area (Å²) in [6.07, 6.45) is 4.96. The Morgan fingerprint density at radius 3 is 2.15 bits per heavy atom. The van der Waals surface area contributed by atoms with E-state index < -0.39 is 35.1 Å². The van der Waals surface area contributed by atoms with Crippen LogP contribution in [-0.4, -0.2) is 76.0 Å². The fraction of sp³-hybridized carbons (Fsp3) is 0.390. The maximum absolute atomic E-state index is 15.2. The summed E-state index contributed by atoms with van der Waals surface area (Å²) in [5.74, 6) is -0.370. The molecule has 2 atom stereocenters. The second-order valence-corrected chi connectivity index (χ2v) is 16.0. The molecule has 0 spiro atoms. The van der Waals surface area contributed by atoms with Gasteiger partial charge in [0.2, 0.25) is 5.91 Å². The SMILES string of the molecule is CC1(C)c2ccc(C3CCN(c4cnc(N5CCN(c6cc(F)c(C7CCC(O)NC7=O)c(F)c6)CC5)cn4)CC3)cc2-n2c1nc(=O)c1c(Cl)cccc12. The second-order valence-electron chi connectivity index (χ2n) is 15.6. The molecule has 2 aromatic heterocycles. The van der Waals surface area contributed by atoms with Crippen molar-refractivity contribution >= 4 is 45.7 Å². The number of hydrogen-bond donors (Lipinski definition) is 2. The van der Waals surface area contributed by atoms with Gasteiger partial charge in [0.05, 0.1) is 45.3 Å². The van der Waals surface area contributed by atoms with E-state index in [1.165, 1.54) is 17.7 Å². The van der Waals surface area contributed by atoms with Gasteiger partial charge >= 0.3 is 0 Å². The number of piperidine rings is 2. The normalized spacial score (nSPS) is 21.1. The van der Waals surface area contributed by atoms with Gasteiger partial charge in [0.1, 0.15) is 35.3 Å². The van der Waals surface area contributed by atoms with Gasteiger partial charge in [-0.15, -0.1) is 0 Å². The van der Waals surface area contributed by atoms with Crippen LogP contribution < -0.4 is 25.6 Å². The molecule has 11 nitrogen and oxygen atoms in total. The molecule has 4 aliphatic rings. The molecule has 0 saturated carbocycles. The third kappa shape index (κ3) is 6.08. The molecule has 0 radical (unpaired) electrons. The van der Waals surface area contributed by atoms with E-state index in [-0.39, 0.29) is 24.0 Å². The number of benzene rings is 3. The molecule has 3 aromatic carbocycles. The summed E-state index contributed by atoms with van der Waals surface area (Å²) in [6.45, 7) is 8.17. The molecule has 0 bridgehead atoms. The number of nitrogens with zero attached hydrogens (tertiary/aromatic N) is 7. The Bertz CT molecular complexity index is 2370. The molecule has 9 rings (SSSR count). The van der Waals surface area contributed by atoms with Gasteiger partial charge in [0, 0.05) is 50.5 Å². The van der Waals surface area contributed by atoms with E-state index in [4.69, 9.17) is 21.6 Å². The maximum atomic E-state index is 15.2. The topological polar surface area (TPSA) is 120 Å². The molecule has 5 aromatic rings. The van der Waals surface area contributed by atoms with Crippen molar-refractivity contribution in [3.63, 3.8) is 0 Å². The van der Waals surface area contributed by atoms with Crippen molar-refractivity contribution in [1.82, 2.24) is 24.8 Å². The second kappa shape index (κ2) is 13.6. The number of carbonyl (C=O) groups is 1. The number of fused-ring (bicyclic) bond motifs is 5. The number of rotatable bonds is 5. The van der Waals surface area contributed by atoms with Gasteiger partial charge in [0.25, 0.3) is 5.56 Å². The number of aromatic nitrogens is 4. The standard InChI is InChI=1S/C41H41ClF2N8O3/c1-41(2)27-8-6-24(18-32(27)52-31-5-3-4-28(42)37(31)39(55)48-40(41)52)23-10-12-50(13-11-23)33-21-46-34(22-45-33)51-16-14-49(15-17-51)25-19-29(43)36(30(44)20-25)26-7-9-35(53)47-38(26)54/h3-6,8,18-23,26,35,53H,7,9-17H2,1-2H3,(H,47,54). The largest absolute Gasteiger partial charge is 0.374 e. The number of carbonyl (C=O) groups excluding carboxylic acids is 1. The summed E-state index contributed by atoms with van der Waals surface area (Å²) < 4.78 is 32.5. The van der Waals surface area contributed by atoms with Gasteiger partial charge in [-0.1, -0.05) is 29.8 Å². The fourth-order valence-corrected chi connectivity index (χ4v) is 9.21. The smallest absolute Gasteiger partial charge is 0.282 e.